The minimum absolute atomic E-state index is 0.193. The summed E-state index contributed by atoms with van der Waals surface area (Å²) >= 11 is 4.15. The van der Waals surface area contributed by atoms with Crippen LogP contribution in [0.5, 0.6) is 0 Å². The molecule has 0 unspecified atom stereocenters. The summed E-state index contributed by atoms with van der Waals surface area (Å²) < 4.78 is 67.6. The van der Waals surface area contributed by atoms with Crippen LogP contribution in [0.1, 0.15) is 0 Å². The van der Waals surface area contributed by atoms with E-state index in [0.717, 1.165) is 21.8 Å². The summed E-state index contributed by atoms with van der Waals surface area (Å²) in [5, 5.41) is 1.89. The van der Waals surface area contributed by atoms with Crippen molar-refractivity contribution in [3.63, 3.8) is 0 Å². The topological polar surface area (TPSA) is 54.9 Å². The molecule has 0 fully saturated rings. The van der Waals surface area contributed by atoms with E-state index in [1.807, 2.05) is 24.3 Å². The van der Waals surface area contributed by atoms with Crippen molar-refractivity contribution < 1.29 is 26.7 Å². The number of carbonyl (C=O) groups is 1. The Morgan fingerprint density at radius 1 is 0.931 bits per heavy atom. The highest BCUT2D eigenvalue weighted by Crippen LogP contribution is 2.27. The van der Waals surface area contributed by atoms with Gasteiger partial charge in [-0.05, 0) is 18.2 Å². The first kappa shape index (κ1) is 21.2. The van der Waals surface area contributed by atoms with E-state index in [-0.39, 0.29) is 5.16 Å². The van der Waals surface area contributed by atoms with Gasteiger partial charge in [-0.25, -0.2) is 31.9 Å². The van der Waals surface area contributed by atoms with E-state index in [9.17, 15) is 26.7 Å². The molecular formula is C18H9BrF5N3OS. The average molecular weight is 490 g/mol. The van der Waals surface area contributed by atoms with Crippen LogP contribution in [0.2, 0.25) is 0 Å². The molecule has 29 heavy (non-hydrogen) atoms. The van der Waals surface area contributed by atoms with Crippen molar-refractivity contribution in [2.45, 2.75) is 5.16 Å². The number of halogens is 6. The van der Waals surface area contributed by atoms with Gasteiger partial charge in [0.25, 0.3) is 0 Å². The second kappa shape index (κ2) is 8.87. The molecule has 0 saturated carbocycles. The van der Waals surface area contributed by atoms with E-state index in [0.29, 0.717) is 5.69 Å². The molecule has 1 N–H and O–H groups in total. The number of hydrogen-bond donors (Lipinski definition) is 1. The minimum Gasteiger partial charge on any atom is -0.320 e. The standard InChI is InChI=1S/C18H9BrF5N3OS/c19-9-3-1-8(2-4-9)10-5-6-25-18(26-10)29-7-11(28)27-17-15(23)13(21)12(20)14(22)16(17)24/h1-6H,7H2,(H,27,28). The van der Waals surface area contributed by atoms with Crippen molar-refractivity contribution in [2.24, 2.45) is 0 Å². The number of benzene rings is 2. The number of rotatable bonds is 5. The van der Waals surface area contributed by atoms with Crippen LogP contribution in [-0.2, 0) is 4.79 Å². The molecule has 0 atom stereocenters. The van der Waals surface area contributed by atoms with Gasteiger partial charge in [0, 0.05) is 16.2 Å². The third kappa shape index (κ3) is 4.73. The lowest BCUT2D eigenvalue weighted by Crippen LogP contribution is -2.18. The first-order valence-electron chi connectivity index (χ1n) is 7.81. The Hall–Kier alpha value is -2.53. The van der Waals surface area contributed by atoms with Gasteiger partial charge in [-0.3, -0.25) is 4.79 Å². The van der Waals surface area contributed by atoms with Crippen molar-refractivity contribution in [3.8, 4) is 11.3 Å². The highest BCUT2D eigenvalue weighted by molar-refractivity contribution is 9.10. The van der Waals surface area contributed by atoms with Crippen molar-refractivity contribution in [2.75, 3.05) is 11.1 Å². The summed E-state index contributed by atoms with van der Waals surface area (Å²) in [6.07, 6.45) is 1.47. The Labute approximate surface area is 173 Å². The van der Waals surface area contributed by atoms with E-state index in [1.54, 1.807) is 11.4 Å². The molecule has 0 saturated heterocycles. The first-order chi connectivity index (χ1) is 13.8. The summed E-state index contributed by atoms with van der Waals surface area (Å²) in [6.45, 7) is 0. The predicted molar refractivity (Wildman–Crippen MR) is 101 cm³/mol. The molecule has 0 bridgehead atoms. The summed E-state index contributed by atoms with van der Waals surface area (Å²) in [5.74, 6) is -12.2. The zero-order chi connectivity index (χ0) is 21.1. The fourth-order valence-electron chi connectivity index (χ4n) is 2.21. The van der Waals surface area contributed by atoms with Gasteiger partial charge in [0.15, 0.2) is 28.4 Å². The second-order valence-electron chi connectivity index (χ2n) is 5.51. The Morgan fingerprint density at radius 3 is 2.14 bits per heavy atom. The summed E-state index contributed by atoms with van der Waals surface area (Å²) in [5.41, 5.74) is -0.0324. The van der Waals surface area contributed by atoms with Crippen LogP contribution in [0, 0.1) is 29.1 Å². The highest BCUT2D eigenvalue weighted by Gasteiger charge is 2.26. The Balaban J connectivity index is 1.71. The zero-order valence-corrected chi connectivity index (χ0v) is 16.6. The SMILES string of the molecule is O=C(CSc1nccc(-c2ccc(Br)cc2)n1)Nc1c(F)c(F)c(F)c(F)c1F. The lowest BCUT2D eigenvalue weighted by atomic mass is 10.1. The van der Waals surface area contributed by atoms with Crippen LogP contribution >= 0.6 is 27.7 Å². The van der Waals surface area contributed by atoms with Crippen molar-refractivity contribution in [1.82, 2.24) is 9.97 Å². The molecule has 0 radical (unpaired) electrons. The van der Waals surface area contributed by atoms with E-state index in [4.69, 9.17) is 0 Å². The summed E-state index contributed by atoms with van der Waals surface area (Å²) in [7, 11) is 0. The highest BCUT2D eigenvalue weighted by atomic mass is 79.9. The molecule has 1 aromatic heterocycles. The van der Waals surface area contributed by atoms with Crippen molar-refractivity contribution >= 4 is 39.3 Å². The monoisotopic (exact) mass is 489 g/mol. The van der Waals surface area contributed by atoms with Crippen molar-refractivity contribution in [1.29, 1.82) is 0 Å². The van der Waals surface area contributed by atoms with E-state index in [1.165, 1.54) is 6.20 Å². The van der Waals surface area contributed by atoms with Crippen LogP contribution < -0.4 is 5.32 Å². The molecule has 1 heterocycles. The van der Waals surface area contributed by atoms with Gasteiger partial charge in [0.2, 0.25) is 11.7 Å². The summed E-state index contributed by atoms with van der Waals surface area (Å²) in [6, 6.07) is 8.93. The maximum absolute atomic E-state index is 13.6. The molecule has 3 aromatic rings. The molecule has 150 valence electrons. The van der Waals surface area contributed by atoms with Gasteiger partial charge in [0.05, 0.1) is 11.4 Å². The second-order valence-corrected chi connectivity index (χ2v) is 7.37. The molecule has 2 aromatic carbocycles. The van der Waals surface area contributed by atoms with E-state index >= 15 is 0 Å². The number of aromatic nitrogens is 2. The van der Waals surface area contributed by atoms with Crippen LogP contribution in [0.4, 0.5) is 27.6 Å². The Morgan fingerprint density at radius 2 is 1.52 bits per heavy atom. The van der Waals surface area contributed by atoms with Gasteiger partial charge in [-0.15, -0.1) is 0 Å². The maximum atomic E-state index is 13.6. The van der Waals surface area contributed by atoms with Gasteiger partial charge in [-0.1, -0.05) is 39.8 Å². The number of thioether (sulfide) groups is 1. The van der Waals surface area contributed by atoms with Gasteiger partial charge in [-0.2, -0.15) is 0 Å². The Bertz CT molecular complexity index is 1050. The normalized spacial score (nSPS) is 10.8. The molecule has 0 spiro atoms. The average Bonchev–Trinajstić information content (AvgIpc) is 2.73. The molecule has 3 rings (SSSR count). The number of carbonyl (C=O) groups excluding carboxylic acids is 1. The van der Waals surface area contributed by atoms with E-state index in [2.05, 4.69) is 25.9 Å². The number of nitrogens with zero attached hydrogens (tertiary/aromatic N) is 2. The molecule has 1 amide bonds. The van der Waals surface area contributed by atoms with Crippen molar-refractivity contribution in [3.05, 3.63) is 70.1 Å². The van der Waals surface area contributed by atoms with E-state index < -0.39 is 46.4 Å². The minimum atomic E-state index is -2.30. The van der Waals surface area contributed by atoms with Crippen LogP contribution in [-0.4, -0.2) is 21.6 Å². The first-order valence-corrected chi connectivity index (χ1v) is 9.59. The third-order valence-electron chi connectivity index (χ3n) is 3.58. The fourth-order valence-corrected chi connectivity index (χ4v) is 3.11. The van der Waals surface area contributed by atoms with Crippen LogP contribution in [0.25, 0.3) is 11.3 Å². The lowest BCUT2D eigenvalue weighted by Gasteiger charge is -2.09. The number of nitrogens with one attached hydrogen (secondary N) is 1. The molecule has 0 aliphatic heterocycles. The number of hydrogen-bond acceptors (Lipinski definition) is 4. The third-order valence-corrected chi connectivity index (χ3v) is 4.97. The smallest absolute Gasteiger partial charge is 0.235 e. The van der Waals surface area contributed by atoms with Crippen LogP contribution in [0.3, 0.4) is 0 Å². The zero-order valence-electron chi connectivity index (χ0n) is 14.1. The lowest BCUT2D eigenvalue weighted by molar-refractivity contribution is -0.113. The molecule has 0 aliphatic rings. The fraction of sp³-hybridized carbons (Fsp3) is 0.0556. The summed E-state index contributed by atoms with van der Waals surface area (Å²) in [4.78, 5) is 20.2. The van der Waals surface area contributed by atoms with Gasteiger partial charge >= 0.3 is 0 Å². The van der Waals surface area contributed by atoms with Gasteiger partial charge in [0.1, 0.15) is 5.69 Å². The quantitative estimate of drug-likeness (QED) is 0.173. The maximum Gasteiger partial charge on any atom is 0.235 e. The van der Waals surface area contributed by atoms with Gasteiger partial charge < -0.3 is 5.32 Å². The molecular weight excluding hydrogens is 481 g/mol. The molecule has 0 aliphatic carbocycles. The molecule has 11 heteroatoms. The number of anilines is 1. The number of amides is 1. The predicted octanol–water partition coefficient (Wildman–Crippen LogP) is 5.33. The largest absolute Gasteiger partial charge is 0.320 e. The Kier molecular flexibility index (Phi) is 6.48. The molecule has 4 nitrogen and oxygen atoms in total. The van der Waals surface area contributed by atoms with Crippen LogP contribution in [0.15, 0.2) is 46.2 Å².